The van der Waals surface area contributed by atoms with Crippen LogP contribution >= 0.6 is 11.6 Å². The molecule has 0 aliphatic heterocycles. The van der Waals surface area contributed by atoms with Crippen LogP contribution in [-0.2, 0) is 9.53 Å². The molecule has 3 aromatic carbocycles. The van der Waals surface area contributed by atoms with Crippen molar-refractivity contribution in [2.24, 2.45) is 0 Å². The molecule has 39 heavy (non-hydrogen) atoms. The molecular formula is C29H19ClN4O5. The van der Waals surface area contributed by atoms with Gasteiger partial charge >= 0.3 is 5.97 Å². The van der Waals surface area contributed by atoms with Crippen molar-refractivity contribution in [3.05, 3.63) is 130 Å². The van der Waals surface area contributed by atoms with E-state index >= 15 is 0 Å². The first-order valence-corrected chi connectivity index (χ1v) is 12.1. The molecule has 0 aliphatic rings. The maximum Gasteiger partial charge on any atom is 0.340 e. The average molecular weight is 539 g/mol. The lowest BCUT2D eigenvalue weighted by Crippen LogP contribution is -2.26. The van der Waals surface area contributed by atoms with E-state index < -0.39 is 22.9 Å². The van der Waals surface area contributed by atoms with Crippen LogP contribution in [0.1, 0.15) is 22.0 Å². The van der Waals surface area contributed by atoms with E-state index in [2.05, 4.69) is 15.3 Å². The van der Waals surface area contributed by atoms with Gasteiger partial charge in [-0.25, -0.2) is 9.78 Å². The summed E-state index contributed by atoms with van der Waals surface area (Å²) in [6, 6.07) is 26.2. The Kier molecular flexibility index (Phi) is 7.24. The number of nitrogens with zero attached hydrogens (tertiary/aromatic N) is 3. The van der Waals surface area contributed by atoms with Crippen molar-refractivity contribution in [2.45, 2.75) is 6.10 Å². The first kappa shape index (κ1) is 25.5. The predicted molar refractivity (Wildman–Crippen MR) is 146 cm³/mol. The first-order chi connectivity index (χ1) is 18.9. The Balaban J connectivity index is 1.50. The second kappa shape index (κ2) is 11.1. The van der Waals surface area contributed by atoms with Crippen LogP contribution in [0.4, 0.5) is 11.4 Å². The maximum absolute atomic E-state index is 13.6. The molecule has 0 spiro atoms. The third-order valence-electron chi connectivity index (χ3n) is 5.85. The summed E-state index contributed by atoms with van der Waals surface area (Å²) in [6.45, 7) is 0. The van der Waals surface area contributed by atoms with Crippen LogP contribution in [0, 0.1) is 10.1 Å². The Hall–Kier alpha value is -5.15. The van der Waals surface area contributed by atoms with Crippen LogP contribution in [-0.4, -0.2) is 26.8 Å². The SMILES string of the molecule is O=C(OC(C(=O)Nc1ccc([N+](=O)[O-])cc1Cl)c1ccccc1)c1cc(-c2ccccn2)nc2ccccc12. The third-order valence-corrected chi connectivity index (χ3v) is 6.16. The van der Waals surface area contributed by atoms with Crippen molar-refractivity contribution in [1.29, 1.82) is 0 Å². The van der Waals surface area contributed by atoms with E-state index in [0.717, 1.165) is 6.07 Å². The first-order valence-electron chi connectivity index (χ1n) is 11.7. The smallest absolute Gasteiger partial charge is 0.340 e. The maximum atomic E-state index is 13.6. The normalized spacial score (nSPS) is 11.5. The van der Waals surface area contributed by atoms with Crippen LogP contribution in [0.3, 0.4) is 0 Å². The van der Waals surface area contributed by atoms with Crippen LogP contribution in [0.15, 0.2) is 103 Å². The fraction of sp³-hybridized carbons (Fsp3) is 0.0345. The van der Waals surface area contributed by atoms with E-state index in [-0.39, 0.29) is 22.0 Å². The number of ether oxygens (including phenoxy) is 1. The Morgan fingerprint density at radius 2 is 1.64 bits per heavy atom. The standard InChI is InChI=1S/C29H19ClN4O5/c30-22-16-19(34(37)38)13-14-24(22)33-28(35)27(18-8-2-1-3-9-18)39-29(36)21-17-26(25-12-6-7-15-31-25)32-23-11-5-4-10-20(21)23/h1-17,27H,(H,33,35). The fourth-order valence-corrected chi connectivity index (χ4v) is 4.20. The van der Waals surface area contributed by atoms with Crippen molar-refractivity contribution in [3.8, 4) is 11.4 Å². The van der Waals surface area contributed by atoms with Gasteiger partial charge in [-0.2, -0.15) is 0 Å². The average Bonchev–Trinajstić information content (AvgIpc) is 2.97. The number of carbonyl (C=O) groups excluding carboxylic acids is 2. The molecule has 9 nitrogen and oxygen atoms in total. The number of fused-ring (bicyclic) bond motifs is 1. The van der Waals surface area contributed by atoms with Crippen LogP contribution in [0.2, 0.25) is 5.02 Å². The van der Waals surface area contributed by atoms with Crippen molar-refractivity contribution < 1.29 is 19.2 Å². The number of amides is 1. The zero-order chi connectivity index (χ0) is 27.4. The molecule has 2 aromatic heterocycles. The molecule has 1 N–H and O–H groups in total. The molecule has 0 saturated carbocycles. The number of benzene rings is 3. The molecule has 5 aromatic rings. The lowest BCUT2D eigenvalue weighted by Gasteiger charge is -2.19. The number of aromatic nitrogens is 2. The van der Waals surface area contributed by atoms with Crippen LogP contribution < -0.4 is 5.32 Å². The molecule has 1 unspecified atom stereocenters. The number of hydrogen-bond donors (Lipinski definition) is 1. The second-order valence-corrected chi connectivity index (χ2v) is 8.80. The van der Waals surface area contributed by atoms with Gasteiger partial charge in [-0.05, 0) is 30.3 Å². The lowest BCUT2D eigenvalue weighted by atomic mass is 10.1. The van der Waals surface area contributed by atoms with Gasteiger partial charge in [0.2, 0.25) is 6.10 Å². The summed E-state index contributed by atoms with van der Waals surface area (Å²) >= 11 is 6.17. The van der Waals surface area contributed by atoms with Gasteiger partial charge in [0.25, 0.3) is 11.6 Å². The summed E-state index contributed by atoms with van der Waals surface area (Å²) in [7, 11) is 0. The van der Waals surface area contributed by atoms with E-state index in [0.29, 0.717) is 27.9 Å². The highest BCUT2D eigenvalue weighted by molar-refractivity contribution is 6.34. The number of halogens is 1. The summed E-state index contributed by atoms with van der Waals surface area (Å²) in [6.07, 6.45) is 0.277. The molecule has 0 fully saturated rings. The van der Waals surface area contributed by atoms with Crippen LogP contribution in [0.5, 0.6) is 0 Å². The van der Waals surface area contributed by atoms with Gasteiger partial charge < -0.3 is 10.1 Å². The number of carbonyl (C=O) groups is 2. The molecule has 10 heteroatoms. The van der Waals surface area contributed by atoms with E-state index in [9.17, 15) is 19.7 Å². The van der Waals surface area contributed by atoms with Gasteiger partial charge in [0.1, 0.15) is 0 Å². The Morgan fingerprint density at radius 1 is 0.897 bits per heavy atom. The highest BCUT2D eigenvalue weighted by Gasteiger charge is 2.28. The molecule has 1 atom stereocenters. The summed E-state index contributed by atoms with van der Waals surface area (Å²) < 4.78 is 5.81. The van der Waals surface area contributed by atoms with Gasteiger partial charge in [0.15, 0.2) is 0 Å². The largest absolute Gasteiger partial charge is 0.444 e. The van der Waals surface area contributed by atoms with Gasteiger partial charge in [-0.15, -0.1) is 0 Å². The quantitative estimate of drug-likeness (QED) is 0.144. The molecule has 5 rings (SSSR count). The van der Waals surface area contributed by atoms with Crippen LogP contribution in [0.25, 0.3) is 22.3 Å². The number of rotatable bonds is 7. The zero-order valence-electron chi connectivity index (χ0n) is 20.2. The number of nitro benzene ring substituents is 1. The van der Waals surface area contributed by atoms with Crippen molar-refractivity contribution in [1.82, 2.24) is 9.97 Å². The van der Waals surface area contributed by atoms with Gasteiger partial charge in [0, 0.05) is 29.3 Å². The molecular weight excluding hydrogens is 520 g/mol. The highest BCUT2D eigenvalue weighted by atomic mass is 35.5. The number of nitro groups is 1. The predicted octanol–water partition coefficient (Wildman–Crippen LogP) is 6.40. The van der Waals surface area contributed by atoms with Crippen molar-refractivity contribution in [2.75, 3.05) is 5.32 Å². The lowest BCUT2D eigenvalue weighted by molar-refractivity contribution is -0.384. The Bertz CT molecular complexity index is 1700. The van der Waals surface area contributed by atoms with Crippen molar-refractivity contribution in [3.63, 3.8) is 0 Å². The number of esters is 1. The summed E-state index contributed by atoms with van der Waals surface area (Å²) in [4.78, 5) is 46.4. The molecule has 0 radical (unpaired) electrons. The minimum absolute atomic E-state index is 0.0316. The molecule has 1 amide bonds. The molecule has 192 valence electrons. The van der Waals surface area contributed by atoms with E-state index in [1.54, 1.807) is 79.0 Å². The number of anilines is 1. The minimum Gasteiger partial charge on any atom is -0.444 e. The number of hydrogen-bond acceptors (Lipinski definition) is 7. The summed E-state index contributed by atoms with van der Waals surface area (Å²) in [5.74, 6) is -1.43. The van der Waals surface area contributed by atoms with E-state index in [1.807, 2.05) is 6.07 Å². The number of pyridine rings is 2. The molecule has 0 saturated heterocycles. The summed E-state index contributed by atoms with van der Waals surface area (Å²) in [5, 5.41) is 14.2. The molecule has 2 heterocycles. The Morgan fingerprint density at radius 3 is 2.36 bits per heavy atom. The topological polar surface area (TPSA) is 124 Å². The van der Waals surface area contributed by atoms with Gasteiger partial charge in [0.05, 0.1) is 38.1 Å². The third kappa shape index (κ3) is 5.58. The number of para-hydroxylation sites is 1. The fourth-order valence-electron chi connectivity index (χ4n) is 3.98. The summed E-state index contributed by atoms with van der Waals surface area (Å²) in [5.41, 5.74) is 2.15. The number of non-ortho nitro benzene ring substituents is 1. The Labute approximate surface area is 227 Å². The van der Waals surface area contributed by atoms with E-state index in [4.69, 9.17) is 16.3 Å². The number of nitrogens with one attached hydrogen (secondary N) is 1. The molecule has 0 bridgehead atoms. The van der Waals surface area contributed by atoms with Crippen molar-refractivity contribution >= 4 is 45.8 Å². The van der Waals surface area contributed by atoms with Gasteiger partial charge in [-0.3, -0.25) is 19.9 Å². The zero-order valence-corrected chi connectivity index (χ0v) is 20.9. The minimum atomic E-state index is -1.35. The van der Waals surface area contributed by atoms with E-state index in [1.165, 1.54) is 12.1 Å². The second-order valence-electron chi connectivity index (χ2n) is 8.39. The molecule has 0 aliphatic carbocycles. The highest BCUT2D eigenvalue weighted by Crippen LogP contribution is 2.30. The monoisotopic (exact) mass is 538 g/mol. The van der Waals surface area contributed by atoms with Gasteiger partial charge in [-0.1, -0.05) is 66.2 Å².